The van der Waals surface area contributed by atoms with Gasteiger partial charge >= 0.3 is 0 Å². The number of ether oxygens (including phenoxy) is 1. The summed E-state index contributed by atoms with van der Waals surface area (Å²) < 4.78 is 6.16. The molecule has 2 aromatic heterocycles. The third-order valence-corrected chi connectivity index (χ3v) is 5.71. The number of H-pyrrole nitrogens is 1. The molecule has 2 N–H and O–H groups in total. The van der Waals surface area contributed by atoms with E-state index in [4.69, 9.17) is 4.74 Å². The van der Waals surface area contributed by atoms with Crippen LogP contribution in [-0.2, 0) is 16.8 Å². The second-order valence-corrected chi connectivity index (χ2v) is 7.44. The second kappa shape index (κ2) is 7.29. The normalized spacial score (nSPS) is 17.7. The largest absolute Gasteiger partial charge is 0.368 e. The van der Waals surface area contributed by atoms with E-state index in [-0.39, 0.29) is 11.5 Å². The standard InChI is InChI=1S/C21H22N6O2/c28-19(16-12-22-20(23-13-16)25-17-4-2-1-3-5-17)27-9-7-21(8-10-27)18-15(6-11-29-21)14-24-26-18/h1-5,12-14H,6-11H2,(H,24,26)(H,22,23,25). The number of likely N-dealkylation sites (tertiary alicyclic amines) is 1. The van der Waals surface area contributed by atoms with Gasteiger partial charge in [0.15, 0.2) is 0 Å². The first kappa shape index (κ1) is 17.8. The van der Waals surface area contributed by atoms with Crippen LogP contribution in [0.5, 0.6) is 0 Å². The summed E-state index contributed by atoms with van der Waals surface area (Å²) in [7, 11) is 0. The molecule has 2 aliphatic heterocycles. The van der Waals surface area contributed by atoms with E-state index in [1.54, 1.807) is 12.4 Å². The van der Waals surface area contributed by atoms with Crippen LogP contribution in [0.15, 0.2) is 48.9 Å². The summed E-state index contributed by atoms with van der Waals surface area (Å²) >= 11 is 0. The predicted octanol–water partition coefficient (Wildman–Crippen LogP) is 2.65. The number of hydrogen-bond acceptors (Lipinski definition) is 6. The number of hydrogen-bond donors (Lipinski definition) is 2. The summed E-state index contributed by atoms with van der Waals surface area (Å²) in [6.07, 6.45) is 7.44. The van der Waals surface area contributed by atoms with Crippen molar-refractivity contribution in [1.29, 1.82) is 0 Å². The van der Waals surface area contributed by atoms with E-state index in [2.05, 4.69) is 25.5 Å². The molecule has 0 radical (unpaired) electrons. The minimum atomic E-state index is -0.346. The number of rotatable bonds is 3. The maximum atomic E-state index is 12.9. The Hall–Kier alpha value is -3.26. The Balaban J connectivity index is 1.24. The van der Waals surface area contributed by atoms with Gasteiger partial charge in [-0.1, -0.05) is 18.2 Å². The molecule has 0 atom stereocenters. The van der Waals surface area contributed by atoms with Gasteiger partial charge in [-0.15, -0.1) is 0 Å². The number of para-hydroxylation sites is 1. The highest BCUT2D eigenvalue weighted by atomic mass is 16.5. The van der Waals surface area contributed by atoms with Crippen molar-refractivity contribution in [1.82, 2.24) is 25.1 Å². The van der Waals surface area contributed by atoms with Gasteiger partial charge in [0.05, 0.1) is 24.1 Å². The van der Waals surface area contributed by atoms with Crippen LogP contribution in [0.2, 0.25) is 0 Å². The van der Waals surface area contributed by atoms with Crippen LogP contribution < -0.4 is 5.32 Å². The summed E-state index contributed by atoms with van der Waals surface area (Å²) in [5, 5.41) is 10.4. The second-order valence-electron chi connectivity index (χ2n) is 7.44. The minimum Gasteiger partial charge on any atom is -0.368 e. The SMILES string of the molecule is O=C(c1cnc(Nc2ccccc2)nc1)N1CCC2(CC1)OCCc1cn[nH]c12. The molecule has 1 amide bonds. The molecule has 0 unspecified atom stereocenters. The predicted molar refractivity (Wildman–Crippen MR) is 107 cm³/mol. The molecule has 5 rings (SSSR count). The molecule has 4 heterocycles. The third kappa shape index (κ3) is 3.36. The van der Waals surface area contributed by atoms with Crippen molar-refractivity contribution in [2.75, 3.05) is 25.0 Å². The average molecular weight is 390 g/mol. The number of nitrogens with zero attached hydrogens (tertiary/aromatic N) is 4. The van der Waals surface area contributed by atoms with Crippen LogP contribution in [0.4, 0.5) is 11.6 Å². The molecule has 1 fully saturated rings. The zero-order valence-corrected chi connectivity index (χ0v) is 16.0. The van der Waals surface area contributed by atoms with Gasteiger partial charge in [0.1, 0.15) is 5.60 Å². The molecular formula is C21H22N6O2. The van der Waals surface area contributed by atoms with E-state index in [0.717, 1.165) is 30.6 Å². The van der Waals surface area contributed by atoms with Gasteiger partial charge in [0.2, 0.25) is 5.95 Å². The fourth-order valence-electron chi connectivity index (χ4n) is 4.13. The lowest BCUT2D eigenvalue weighted by Crippen LogP contribution is -2.48. The average Bonchev–Trinajstić information content (AvgIpc) is 3.26. The fraction of sp³-hybridized carbons (Fsp3) is 0.333. The number of aromatic nitrogens is 4. The molecule has 2 aliphatic rings. The van der Waals surface area contributed by atoms with Crippen molar-refractivity contribution in [3.63, 3.8) is 0 Å². The van der Waals surface area contributed by atoms with Gasteiger partial charge in [0, 0.05) is 31.2 Å². The molecule has 0 saturated carbocycles. The number of aromatic amines is 1. The summed E-state index contributed by atoms with van der Waals surface area (Å²) in [5.41, 5.74) is 3.35. The number of benzene rings is 1. The Labute approximate surface area is 168 Å². The lowest BCUT2D eigenvalue weighted by atomic mass is 9.83. The van der Waals surface area contributed by atoms with Gasteiger partial charge in [-0.05, 0) is 37.0 Å². The first-order chi connectivity index (χ1) is 14.2. The molecule has 29 heavy (non-hydrogen) atoms. The van der Waals surface area contributed by atoms with Gasteiger partial charge in [-0.2, -0.15) is 5.10 Å². The molecule has 0 bridgehead atoms. The van der Waals surface area contributed by atoms with Crippen molar-refractivity contribution >= 4 is 17.5 Å². The van der Waals surface area contributed by atoms with Crippen LogP contribution in [0.1, 0.15) is 34.5 Å². The zero-order valence-electron chi connectivity index (χ0n) is 16.0. The molecule has 1 saturated heterocycles. The summed E-state index contributed by atoms with van der Waals surface area (Å²) in [6.45, 7) is 1.95. The van der Waals surface area contributed by atoms with Crippen molar-refractivity contribution in [2.24, 2.45) is 0 Å². The monoisotopic (exact) mass is 390 g/mol. The fourth-order valence-corrected chi connectivity index (χ4v) is 4.13. The summed E-state index contributed by atoms with van der Waals surface area (Å²) in [5.74, 6) is 0.416. The Kier molecular flexibility index (Phi) is 4.48. The molecule has 148 valence electrons. The summed E-state index contributed by atoms with van der Waals surface area (Å²) in [6, 6.07) is 9.69. The highest BCUT2D eigenvalue weighted by molar-refractivity contribution is 5.93. The Bertz CT molecular complexity index is 994. The first-order valence-corrected chi connectivity index (χ1v) is 9.84. The lowest BCUT2D eigenvalue weighted by Gasteiger charge is -2.43. The number of amides is 1. The van der Waals surface area contributed by atoms with Gasteiger partial charge < -0.3 is 15.0 Å². The van der Waals surface area contributed by atoms with Gasteiger partial charge in [0.25, 0.3) is 5.91 Å². The maximum Gasteiger partial charge on any atom is 0.256 e. The molecule has 3 aromatic rings. The highest BCUT2D eigenvalue weighted by Gasteiger charge is 2.43. The van der Waals surface area contributed by atoms with E-state index >= 15 is 0 Å². The van der Waals surface area contributed by atoms with Crippen LogP contribution in [0, 0.1) is 0 Å². The van der Waals surface area contributed by atoms with Gasteiger partial charge in [-0.3, -0.25) is 9.89 Å². The smallest absolute Gasteiger partial charge is 0.256 e. The van der Waals surface area contributed by atoms with E-state index in [0.29, 0.717) is 31.2 Å². The number of nitrogens with one attached hydrogen (secondary N) is 2. The number of carbonyl (C=O) groups excluding carboxylic acids is 1. The molecule has 1 aromatic carbocycles. The number of carbonyl (C=O) groups is 1. The highest BCUT2D eigenvalue weighted by Crippen LogP contribution is 2.40. The van der Waals surface area contributed by atoms with E-state index < -0.39 is 0 Å². The van der Waals surface area contributed by atoms with Gasteiger partial charge in [-0.25, -0.2) is 9.97 Å². The van der Waals surface area contributed by atoms with Crippen molar-refractivity contribution in [2.45, 2.75) is 24.9 Å². The van der Waals surface area contributed by atoms with E-state index in [9.17, 15) is 4.79 Å². The Morgan fingerprint density at radius 3 is 2.62 bits per heavy atom. The Morgan fingerprint density at radius 1 is 1.10 bits per heavy atom. The molecular weight excluding hydrogens is 368 g/mol. The molecule has 8 nitrogen and oxygen atoms in total. The van der Waals surface area contributed by atoms with E-state index in [1.807, 2.05) is 41.4 Å². The quantitative estimate of drug-likeness (QED) is 0.714. The van der Waals surface area contributed by atoms with Crippen molar-refractivity contribution in [3.05, 3.63) is 65.7 Å². The van der Waals surface area contributed by atoms with Crippen LogP contribution in [0.25, 0.3) is 0 Å². The van der Waals surface area contributed by atoms with Crippen molar-refractivity contribution in [3.8, 4) is 0 Å². The van der Waals surface area contributed by atoms with Crippen LogP contribution in [-0.4, -0.2) is 50.7 Å². The minimum absolute atomic E-state index is 0.0493. The number of anilines is 2. The molecule has 1 spiro atoms. The summed E-state index contributed by atoms with van der Waals surface area (Å²) in [4.78, 5) is 23.3. The third-order valence-electron chi connectivity index (χ3n) is 5.71. The van der Waals surface area contributed by atoms with Crippen molar-refractivity contribution < 1.29 is 9.53 Å². The topological polar surface area (TPSA) is 96.0 Å². The number of piperidine rings is 1. The first-order valence-electron chi connectivity index (χ1n) is 9.84. The Morgan fingerprint density at radius 2 is 1.86 bits per heavy atom. The van der Waals surface area contributed by atoms with Crippen LogP contribution >= 0.6 is 0 Å². The van der Waals surface area contributed by atoms with Crippen LogP contribution in [0.3, 0.4) is 0 Å². The van der Waals surface area contributed by atoms with E-state index in [1.165, 1.54) is 5.56 Å². The lowest BCUT2D eigenvalue weighted by molar-refractivity contribution is -0.0962. The maximum absolute atomic E-state index is 12.9. The number of fused-ring (bicyclic) bond motifs is 2. The zero-order chi connectivity index (χ0) is 19.7. The molecule has 8 heteroatoms. The molecule has 0 aliphatic carbocycles.